The van der Waals surface area contributed by atoms with Gasteiger partial charge in [-0.15, -0.1) is 0 Å². The van der Waals surface area contributed by atoms with Crippen LogP contribution in [0.5, 0.6) is 0 Å². The predicted molar refractivity (Wildman–Crippen MR) is 61.5 cm³/mol. The smallest absolute Gasteiger partial charge is 0.123 e. The van der Waals surface area contributed by atoms with E-state index in [0.717, 1.165) is 38.0 Å². The Morgan fingerprint density at radius 3 is 2.50 bits per heavy atom. The van der Waals surface area contributed by atoms with Gasteiger partial charge in [-0.2, -0.15) is 0 Å². The first-order chi connectivity index (χ1) is 7.61. The van der Waals surface area contributed by atoms with Gasteiger partial charge in [0.15, 0.2) is 0 Å². The van der Waals surface area contributed by atoms with E-state index in [0.29, 0.717) is 0 Å². The van der Waals surface area contributed by atoms with E-state index in [1.165, 1.54) is 12.1 Å². The van der Waals surface area contributed by atoms with Crippen LogP contribution in [0.4, 0.5) is 4.39 Å². The molecule has 0 spiro atoms. The number of halogens is 1. The number of benzene rings is 1. The molecule has 1 aromatic carbocycles. The fraction of sp³-hybridized carbons (Fsp3) is 0.538. The molecule has 88 valence electrons. The molecule has 2 rings (SSSR count). The Morgan fingerprint density at radius 2 is 1.94 bits per heavy atom. The zero-order valence-corrected chi connectivity index (χ0v) is 9.62. The summed E-state index contributed by atoms with van der Waals surface area (Å²) in [7, 11) is 0. The van der Waals surface area contributed by atoms with Crippen molar-refractivity contribution in [3.63, 3.8) is 0 Å². The van der Waals surface area contributed by atoms with E-state index in [9.17, 15) is 9.50 Å². The van der Waals surface area contributed by atoms with E-state index in [-0.39, 0.29) is 5.82 Å². The predicted octanol–water partition coefficient (Wildman–Crippen LogP) is 2.17. The summed E-state index contributed by atoms with van der Waals surface area (Å²) in [6.07, 6.45) is 1.88. The molecule has 0 amide bonds. The van der Waals surface area contributed by atoms with E-state index in [1.54, 1.807) is 12.1 Å². The monoisotopic (exact) mass is 223 g/mol. The Labute approximate surface area is 95.7 Å². The first-order valence-electron chi connectivity index (χ1n) is 5.80. The molecular formula is C13H18FNO. The van der Waals surface area contributed by atoms with Crippen LogP contribution in [0.25, 0.3) is 0 Å². The van der Waals surface area contributed by atoms with Crippen molar-refractivity contribution in [3.8, 4) is 0 Å². The Balaban J connectivity index is 1.83. The van der Waals surface area contributed by atoms with Crippen LogP contribution in [0.15, 0.2) is 24.3 Å². The van der Waals surface area contributed by atoms with Crippen molar-refractivity contribution in [2.45, 2.75) is 31.9 Å². The molecule has 0 unspecified atom stereocenters. The van der Waals surface area contributed by atoms with Crippen LogP contribution in [-0.4, -0.2) is 28.7 Å². The maximum absolute atomic E-state index is 12.7. The van der Waals surface area contributed by atoms with Crippen molar-refractivity contribution in [2.24, 2.45) is 0 Å². The fourth-order valence-electron chi connectivity index (χ4n) is 2.37. The first-order valence-corrected chi connectivity index (χ1v) is 5.80. The Kier molecular flexibility index (Phi) is 3.26. The molecule has 0 saturated carbocycles. The van der Waals surface area contributed by atoms with Crippen molar-refractivity contribution in [1.29, 1.82) is 0 Å². The number of aliphatic hydroxyl groups is 1. The minimum absolute atomic E-state index is 0.199. The van der Waals surface area contributed by atoms with Crippen LogP contribution >= 0.6 is 0 Å². The molecule has 3 heteroatoms. The highest BCUT2D eigenvalue weighted by atomic mass is 19.1. The average Bonchev–Trinajstić information content (AvgIpc) is 2.19. The van der Waals surface area contributed by atoms with Gasteiger partial charge in [-0.3, -0.25) is 4.90 Å². The average molecular weight is 223 g/mol. The molecule has 0 aliphatic carbocycles. The summed E-state index contributed by atoms with van der Waals surface area (Å²) in [5.74, 6) is -0.199. The second kappa shape index (κ2) is 4.52. The third-order valence-corrected chi connectivity index (χ3v) is 3.07. The van der Waals surface area contributed by atoms with Gasteiger partial charge in [0.05, 0.1) is 5.60 Å². The molecule has 1 saturated heterocycles. The van der Waals surface area contributed by atoms with Crippen LogP contribution in [0.1, 0.15) is 25.3 Å². The van der Waals surface area contributed by atoms with Gasteiger partial charge in [0.2, 0.25) is 0 Å². The molecule has 1 aromatic rings. The standard InChI is InChI=1S/C13H18FNO/c1-2-7-13(16)9-15(10-13)8-11-3-5-12(14)6-4-11/h3-6,16H,2,7-10H2,1H3. The number of β-amino-alcohol motifs (C(OH)–C–C–N with tert-alkyl or cyclic N) is 1. The summed E-state index contributed by atoms with van der Waals surface area (Å²) in [5.41, 5.74) is 0.620. The number of hydrogen-bond donors (Lipinski definition) is 1. The normalized spacial score (nSPS) is 19.4. The van der Waals surface area contributed by atoms with Gasteiger partial charge in [-0.05, 0) is 24.1 Å². The number of nitrogens with zero attached hydrogens (tertiary/aromatic N) is 1. The van der Waals surface area contributed by atoms with Gasteiger partial charge in [0.25, 0.3) is 0 Å². The van der Waals surface area contributed by atoms with Crippen molar-refractivity contribution in [2.75, 3.05) is 13.1 Å². The Morgan fingerprint density at radius 1 is 1.31 bits per heavy atom. The maximum Gasteiger partial charge on any atom is 0.123 e. The van der Waals surface area contributed by atoms with Crippen molar-refractivity contribution in [3.05, 3.63) is 35.6 Å². The quantitative estimate of drug-likeness (QED) is 0.845. The van der Waals surface area contributed by atoms with Crippen molar-refractivity contribution >= 4 is 0 Å². The second-order valence-electron chi connectivity index (χ2n) is 4.75. The topological polar surface area (TPSA) is 23.5 Å². The highest BCUT2D eigenvalue weighted by molar-refractivity contribution is 5.16. The summed E-state index contributed by atoms with van der Waals surface area (Å²) in [6, 6.07) is 6.56. The zero-order chi connectivity index (χ0) is 11.6. The van der Waals surface area contributed by atoms with Crippen LogP contribution in [0, 0.1) is 5.82 Å². The molecule has 2 nitrogen and oxygen atoms in total. The van der Waals surface area contributed by atoms with Gasteiger partial charge < -0.3 is 5.11 Å². The molecular weight excluding hydrogens is 205 g/mol. The molecule has 1 heterocycles. The molecule has 1 aliphatic heterocycles. The third-order valence-electron chi connectivity index (χ3n) is 3.07. The van der Waals surface area contributed by atoms with Crippen LogP contribution < -0.4 is 0 Å². The molecule has 16 heavy (non-hydrogen) atoms. The minimum Gasteiger partial charge on any atom is -0.387 e. The maximum atomic E-state index is 12.7. The molecule has 1 N–H and O–H groups in total. The van der Waals surface area contributed by atoms with Crippen molar-refractivity contribution in [1.82, 2.24) is 4.90 Å². The van der Waals surface area contributed by atoms with E-state index >= 15 is 0 Å². The highest BCUT2D eigenvalue weighted by Gasteiger charge is 2.39. The van der Waals surface area contributed by atoms with Gasteiger partial charge in [-0.25, -0.2) is 4.39 Å². The molecule has 1 aliphatic rings. The summed E-state index contributed by atoms with van der Waals surface area (Å²) in [4.78, 5) is 2.18. The molecule has 0 aromatic heterocycles. The third kappa shape index (κ3) is 2.60. The van der Waals surface area contributed by atoms with E-state index in [2.05, 4.69) is 11.8 Å². The van der Waals surface area contributed by atoms with Crippen molar-refractivity contribution < 1.29 is 9.50 Å². The highest BCUT2D eigenvalue weighted by Crippen LogP contribution is 2.27. The van der Waals surface area contributed by atoms with E-state index < -0.39 is 5.60 Å². The molecule has 0 atom stereocenters. The van der Waals surface area contributed by atoms with Gasteiger partial charge in [-0.1, -0.05) is 25.5 Å². The van der Waals surface area contributed by atoms with E-state index in [1.807, 2.05) is 0 Å². The lowest BCUT2D eigenvalue weighted by molar-refractivity contribution is -0.106. The van der Waals surface area contributed by atoms with Gasteiger partial charge in [0.1, 0.15) is 5.82 Å². The second-order valence-corrected chi connectivity index (χ2v) is 4.75. The fourth-order valence-corrected chi connectivity index (χ4v) is 2.37. The molecule has 0 radical (unpaired) electrons. The van der Waals surface area contributed by atoms with Crippen LogP contribution in [0.2, 0.25) is 0 Å². The summed E-state index contributed by atoms with van der Waals surface area (Å²) >= 11 is 0. The minimum atomic E-state index is -0.477. The summed E-state index contributed by atoms with van der Waals surface area (Å²) < 4.78 is 12.7. The van der Waals surface area contributed by atoms with Crippen LogP contribution in [0.3, 0.4) is 0 Å². The number of rotatable bonds is 4. The zero-order valence-electron chi connectivity index (χ0n) is 9.62. The van der Waals surface area contributed by atoms with Gasteiger partial charge in [0, 0.05) is 19.6 Å². The SMILES string of the molecule is CCCC1(O)CN(Cc2ccc(F)cc2)C1. The largest absolute Gasteiger partial charge is 0.387 e. The number of hydrogen-bond acceptors (Lipinski definition) is 2. The molecule has 1 fully saturated rings. The lowest BCUT2D eigenvalue weighted by Gasteiger charge is -2.46. The molecule has 0 bridgehead atoms. The Bertz CT molecular complexity index is 343. The van der Waals surface area contributed by atoms with E-state index in [4.69, 9.17) is 0 Å². The lowest BCUT2D eigenvalue weighted by atomic mass is 9.89. The number of likely N-dealkylation sites (tertiary alicyclic amines) is 1. The first kappa shape index (κ1) is 11.6. The van der Waals surface area contributed by atoms with Crippen LogP contribution in [-0.2, 0) is 6.54 Å². The Hall–Kier alpha value is -0.930. The van der Waals surface area contributed by atoms with Gasteiger partial charge >= 0.3 is 0 Å². The summed E-state index contributed by atoms with van der Waals surface area (Å²) in [6.45, 7) is 4.35. The summed E-state index contributed by atoms with van der Waals surface area (Å²) in [5, 5.41) is 10.0. The lowest BCUT2D eigenvalue weighted by Crippen LogP contribution is -2.60.